The van der Waals surface area contributed by atoms with Crippen LogP contribution in [0.4, 0.5) is 0 Å². The van der Waals surface area contributed by atoms with Gasteiger partial charge in [-0.25, -0.2) is 0 Å². The average Bonchev–Trinajstić information content (AvgIpc) is 2.17. The van der Waals surface area contributed by atoms with Gasteiger partial charge in [-0.2, -0.15) is 0 Å². The zero-order chi connectivity index (χ0) is 11.0. The van der Waals surface area contributed by atoms with Crippen molar-refractivity contribution in [2.24, 2.45) is 5.92 Å². The van der Waals surface area contributed by atoms with Crippen LogP contribution in [-0.4, -0.2) is 26.2 Å². The largest absolute Gasteiger partial charge is 0.469 e. The van der Waals surface area contributed by atoms with Gasteiger partial charge in [0.05, 0.1) is 14.2 Å². The first-order valence-electron chi connectivity index (χ1n) is 4.73. The SMILES string of the molecule is COC(=O)CCCC(C)CC(=O)OC. The Morgan fingerprint density at radius 2 is 1.71 bits per heavy atom. The summed E-state index contributed by atoms with van der Waals surface area (Å²) >= 11 is 0. The summed E-state index contributed by atoms with van der Waals surface area (Å²) in [5, 5.41) is 0. The van der Waals surface area contributed by atoms with E-state index in [1.165, 1.54) is 14.2 Å². The van der Waals surface area contributed by atoms with E-state index in [1.807, 2.05) is 6.92 Å². The van der Waals surface area contributed by atoms with Crippen molar-refractivity contribution in [1.82, 2.24) is 0 Å². The molecule has 0 spiro atoms. The van der Waals surface area contributed by atoms with Crippen LogP contribution in [0.1, 0.15) is 32.6 Å². The van der Waals surface area contributed by atoms with Crippen LogP contribution in [0.2, 0.25) is 0 Å². The lowest BCUT2D eigenvalue weighted by atomic mass is 10.0. The van der Waals surface area contributed by atoms with E-state index in [9.17, 15) is 9.59 Å². The molecule has 0 bridgehead atoms. The Hall–Kier alpha value is -1.06. The van der Waals surface area contributed by atoms with Crippen molar-refractivity contribution in [1.29, 1.82) is 0 Å². The van der Waals surface area contributed by atoms with Crippen LogP contribution in [-0.2, 0) is 19.1 Å². The molecule has 0 N–H and O–H groups in total. The third-order valence-corrected chi connectivity index (χ3v) is 2.05. The van der Waals surface area contributed by atoms with Gasteiger partial charge in [0.2, 0.25) is 0 Å². The van der Waals surface area contributed by atoms with Crippen LogP contribution in [0, 0.1) is 5.92 Å². The smallest absolute Gasteiger partial charge is 0.305 e. The van der Waals surface area contributed by atoms with E-state index < -0.39 is 0 Å². The van der Waals surface area contributed by atoms with E-state index in [1.54, 1.807) is 0 Å². The fourth-order valence-corrected chi connectivity index (χ4v) is 1.17. The highest BCUT2D eigenvalue weighted by Gasteiger charge is 2.09. The first-order chi connectivity index (χ1) is 6.60. The second-order valence-electron chi connectivity index (χ2n) is 3.35. The van der Waals surface area contributed by atoms with E-state index >= 15 is 0 Å². The maximum absolute atomic E-state index is 10.9. The molecule has 0 aromatic carbocycles. The van der Waals surface area contributed by atoms with E-state index in [-0.39, 0.29) is 17.9 Å². The van der Waals surface area contributed by atoms with E-state index in [0.717, 1.165) is 12.8 Å². The molecule has 0 saturated carbocycles. The van der Waals surface area contributed by atoms with Crippen molar-refractivity contribution in [3.63, 3.8) is 0 Å². The normalized spacial score (nSPS) is 11.9. The molecule has 0 aromatic heterocycles. The summed E-state index contributed by atoms with van der Waals surface area (Å²) in [6.07, 6.45) is 2.43. The Bertz CT molecular complexity index is 189. The van der Waals surface area contributed by atoms with Gasteiger partial charge in [-0.05, 0) is 18.8 Å². The van der Waals surface area contributed by atoms with Crippen LogP contribution in [0.15, 0.2) is 0 Å². The van der Waals surface area contributed by atoms with Gasteiger partial charge >= 0.3 is 11.9 Å². The summed E-state index contributed by atoms with van der Waals surface area (Å²) in [5.41, 5.74) is 0. The molecule has 4 heteroatoms. The first-order valence-corrected chi connectivity index (χ1v) is 4.73. The van der Waals surface area contributed by atoms with E-state index in [0.29, 0.717) is 12.8 Å². The van der Waals surface area contributed by atoms with Crippen LogP contribution >= 0.6 is 0 Å². The highest BCUT2D eigenvalue weighted by Crippen LogP contribution is 2.12. The molecule has 1 atom stereocenters. The summed E-state index contributed by atoms with van der Waals surface area (Å²) < 4.78 is 9.04. The van der Waals surface area contributed by atoms with Gasteiger partial charge in [0, 0.05) is 12.8 Å². The number of carbonyl (C=O) groups is 2. The second-order valence-corrected chi connectivity index (χ2v) is 3.35. The number of methoxy groups -OCH3 is 2. The Kier molecular flexibility index (Phi) is 6.80. The van der Waals surface area contributed by atoms with E-state index in [2.05, 4.69) is 9.47 Å². The Labute approximate surface area is 84.6 Å². The molecule has 0 radical (unpaired) electrons. The molecule has 4 nitrogen and oxygen atoms in total. The number of esters is 2. The molecule has 1 unspecified atom stereocenters. The van der Waals surface area contributed by atoms with Crippen LogP contribution in [0.25, 0.3) is 0 Å². The Balaban J connectivity index is 3.49. The van der Waals surface area contributed by atoms with Crippen LogP contribution in [0.5, 0.6) is 0 Å². The van der Waals surface area contributed by atoms with Gasteiger partial charge in [-0.15, -0.1) is 0 Å². The van der Waals surface area contributed by atoms with Crippen molar-refractivity contribution < 1.29 is 19.1 Å². The molecule has 0 saturated heterocycles. The fraction of sp³-hybridized carbons (Fsp3) is 0.800. The minimum atomic E-state index is -0.199. The van der Waals surface area contributed by atoms with Gasteiger partial charge in [0.1, 0.15) is 0 Å². The number of hydrogen-bond acceptors (Lipinski definition) is 4. The fourth-order valence-electron chi connectivity index (χ4n) is 1.17. The minimum Gasteiger partial charge on any atom is -0.469 e. The standard InChI is InChI=1S/C10H18O4/c1-8(7-10(12)14-3)5-4-6-9(11)13-2/h8H,4-7H2,1-3H3. The van der Waals surface area contributed by atoms with Crippen LogP contribution < -0.4 is 0 Å². The monoisotopic (exact) mass is 202 g/mol. The van der Waals surface area contributed by atoms with Crippen LogP contribution in [0.3, 0.4) is 0 Å². The molecule has 0 heterocycles. The molecule has 0 fully saturated rings. The molecule has 0 aromatic rings. The lowest BCUT2D eigenvalue weighted by molar-refractivity contribution is -0.141. The van der Waals surface area contributed by atoms with Gasteiger partial charge in [0.15, 0.2) is 0 Å². The third kappa shape index (κ3) is 6.46. The quantitative estimate of drug-likeness (QED) is 0.613. The lowest BCUT2D eigenvalue weighted by Gasteiger charge is -2.08. The highest BCUT2D eigenvalue weighted by molar-refractivity contribution is 5.69. The molecule has 14 heavy (non-hydrogen) atoms. The zero-order valence-corrected chi connectivity index (χ0v) is 9.04. The molecule has 0 aliphatic rings. The molecule has 82 valence electrons. The van der Waals surface area contributed by atoms with Gasteiger partial charge in [-0.3, -0.25) is 9.59 Å². The predicted molar refractivity (Wildman–Crippen MR) is 51.7 cm³/mol. The zero-order valence-electron chi connectivity index (χ0n) is 9.04. The number of ether oxygens (including phenoxy) is 2. The average molecular weight is 202 g/mol. The third-order valence-electron chi connectivity index (χ3n) is 2.05. The minimum absolute atomic E-state index is 0.199. The van der Waals surface area contributed by atoms with Gasteiger partial charge < -0.3 is 9.47 Å². The molecule has 0 amide bonds. The Morgan fingerprint density at radius 1 is 1.14 bits per heavy atom. The molecular formula is C10H18O4. The van der Waals surface area contributed by atoms with Crippen molar-refractivity contribution in [3.8, 4) is 0 Å². The summed E-state index contributed by atoms with van der Waals surface area (Å²) in [5.74, 6) is -0.141. The molecule has 0 rings (SSSR count). The molecule has 0 aliphatic heterocycles. The van der Waals surface area contributed by atoms with Crippen molar-refractivity contribution in [2.45, 2.75) is 32.6 Å². The molecule has 0 aliphatic carbocycles. The maximum Gasteiger partial charge on any atom is 0.305 e. The lowest BCUT2D eigenvalue weighted by Crippen LogP contribution is -2.08. The second kappa shape index (κ2) is 7.35. The van der Waals surface area contributed by atoms with Crippen molar-refractivity contribution in [3.05, 3.63) is 0 Å². The van der Waals surface area contributed by atoms with Gasteiger partial charge in [0.25, 0.3) is 0 Å². The topological polar surface area (TPSA) is 52.6 Å². The van der Waals surface area contributed by atoms with Crippen molar-refractivity contribution >= 4 is 11.9 Å². The van der Waals surface area contributed by atoms with Crippen molar-refractivity contribution in [2.75, 3.05) is 14.2 Å². The predicted octanol–water partition coefficient (Wildman–Crippen LogP) is 1.53. The number of rotatable bonds is 6. The Morgan fingerprint density at radius 3 is 2.21 bits per heavy atom. The maximum atomic E-state index is 10.9. The summed E-state index contributed by atoms with van der Waals surface area (Å²) in [6.45, 7) is 1.97. The summed E-state index contributed by atoms with van der Waals surface area (Å²) in [7, 11) is 2.75. The number of hydrogen-bond donors (Lipinski definition) is 0. The highest BCUT2D eigenvalue weighted by atomic mass is 16.5. The number of carbonyl (C=O) groups excluding carboxylic acids is 2. The first kappa shape index (κ1) is 12.9. The molecular weight excluding hydrogens is 184 g/mol. The van der Waals surface area contributed by atoms with E-state index in [4.69, 9.17) is 0 Å². The summed E-state index contributed by atoms with van der Waals surface area (Å²) in [4.78, 5) is 21.6. The van der Waals surface area contributed by atoms with Gasteiger partial charge in [-0.1, -0.05) is 6.92 Å². The summed E-state index contributed by atoms with van der Waals surface area (Å²) in [6, 6.07) is 0.